The van der Waals surface area contributed by atoms with Gasteiger partial charge in [0.1, 0.15) is 17.2 Å². The van der Waals surface area contributed by atoms with Gasteiger partial charge >= 0.3 is 0 Å². The highest BCUT2D eigenvalue weighted by Gasteiger charge is 2.35. The Hall–Kier alpha value is -3.59. The first-order chi connectivity index (χ1) is 16.9. The molecule has 10 heteroatoms. The van der Waals surface area contributed by atoms with Gasteiger partial charge in [-0.2, -0.15) is 4.98 Å². The average Bonchev–Trinajstić information content (AvgIpc) is 3.25. The summed E-state index contributed by atoms with van der Waals surface area (Å²) in [5, 5.41) is 3.71. The summed E-state index contributed by atoms with van der Waals surface area (Å²) in [4.78, 5) is 27.9. The van der Waals surface area contributed by atoms with Crippen molar-refractivity contribution < 1.29 is 18.0 Å². The Balaban J connectivity index is 1.44. The topological polar surface area (TPSA) is 84.2 Å². The first kappa shape index (κ1) is 23.2. The standard InChI is InChI=1S/C25H22ClF2N5O2/c1-14-4-2-9-33(20(14)13-31-25-32-19-6-5-15(26)10-21(19)35-25)24(34)22-17(11-16(27)12-18(22)28)23-29-7-3-8-30-23/h3,5-8,10-12,14,20H,2,4,9,13H2,1H3,(H,31,32)/t14-,20-/m1/s1. The van der Waals surface area contributed by atoms with E-state index in [1.807, 2.05) is 6.92 Å². The first-order valence-corrected chi connectivity index (χ1v) is 11.7. The molecule has 1 N–H and O–H groups in total. The lowest BCUT2D eigenvalue weighted by Crippen LogP contribution is -2.51. The van der Waals surface area contributed by atoms with Gasteiger partial charge in [0.15, 0.2) is 11.4 Å². The Bertz CT molecular complexity index is 1380. The predicted molar refractivity (Wildman–Crippen MR) is 128 cm³/mol. The van der Waals surface area contributed by atoms with Gasteiger partial charge in [0.25, 0.3) is 11.9 Å². The van der Waals surface area contributed by atoms with Crippen molar-refractivity contribution in [2.24, 2.45) is 5.92 Å². The van der Waals surface area contributed by atoms with E-state index in [0.717, 1.165) is 18.9 Å². The number of hydrogen-bond acceptors (Lipinski definition) is 6. The molecule has 1 amide bonds. The zero-order valence-corrected chi connectivity index (χ0v) is 19.6. The number of benzene rings is 2. The normalized spacial score (nSPS) is 18.1. The number of amides is 1. The number of aromatic nitrogens is 3. The minimum absolute atomic E-state index is 0.0221. The largest absolute Gasteiger partial charge is 0.424 e. The van der Waals surface area contributed by atoms with Gasteiger partial charge in [-0.25, -0.2) is 18.7 Å². The van der Waals surface area contributed by atoms with Gasteiger partial charge in [-0.15, -0.1) is 0 Å². The van der Waals surface area contributed by atoms with Crippen LogP contribution < -0.4 is 5.32 Å². The summed E-state index contributed by atoms with van der Waals surface area (Å²) >= 11 is 6.02. The van der Waals surface area contributed by atoms with Gasteiger partial charge in [0.2, 0.25) is 0 Å². The third kappa shape index (κ3) is 4.68. The van der Waals surface area contributed by atoms with E-state index in [2.05, 4.69) is 20.3 Å². The lowest BCUT2D eigenvalue weighted by atomic mass is 9.89. The summed E-state index contributed by atoms with van der Waals surface area (Å²) in [5.41, 5.74) is 0.981. The zero-order valence-electron chi connectivity index (χ0n) is 18.8. The molecule has 4 aromatic rings. The molecule has 0 bridgehead atoms. The summed E-state index contributed by atoms with van der Waals surface area (Å²) in [6.07, 6.45) is 4.59. The van der Waals surface area contributed by atoms with Crippen molar-refractivity contribution in [1.29, 1.82) is 0 Å². The van der Waals surface area contributed by atoms with Crippen LogP contribution in [0.1, 0.15) is 30.1 Å². The maximum Gasteiger partial charge on any atom is 0.295 e. The Labute approximate surface area is 205 Å². The number of rotatable bonds is 5. The Kier molecular flexibility index (Phi) is 6.34. The van der Waals surface area contributed by atoms with Gasteiger partial charge < -0.3 is 14.6 Å². The van der Waals surface area contributed by atoms with E-state index in [-0.39, 0.29) is 28.9 Å². The highest BCUT2D eigenvalue weighted by Crippen LogP contribution is 2.31. The highest BCUT2D eigenvalue weighted by molar-refractivity contribution is 6.31. The second-order valence-electron chi connectivity index (χ2n) is 8.58. The monoisotopic (exact) mass is 497 g/mol. The molecule has 35 heavy (non-hydrogen) atoms. The number of nitrogens with one attached hydrogen (secondary N) is 1. The van der Waals surface area contributed by atoms with Gasteiger partial charge in [-0.1, -0.05) is 18.5 Å². The van der Waals surface area contributed by atoms with Crippen LogP contribution in [0.3, 0.4) is 0 Å². The zero-order chi connectivity index (χ0) is 24.5. The Morgan fingerprint density at radius 3 is 2.83 bits per heavy atom. The second kappa shape index (κ2) is 9.58. The maximum atomic E-state index is 15.0. The molecule has 0 unspecified atom stereocenters. The number of likely N-dealkylation sites (tertiary alicyclic amines) is 1. The average molecular weight is 498 g/mol. The molecule has 0 saturated carbocycles. The van der Waals surface area contributed by atoms with Gasteiger partial charge in [-0.05, 0) is 43.0 Å². The minimum Gasteiger partial charge on any atom is -0.424 e. The summed E-state index contributed by atoms with van der Waals surface area (Å²) in [7, 11) is 0. The SMILES string of the molecule is C[C@@H]1CCCN(C(=O)c2c(F)cc(F)cc2-c2ncccn2)[C@@H]1CNc1nc2ccc(Cl)cc2o1. The van der Waals surface area contributed by atoms with Crippen molar-refractivity contribution >= 4 is 34.6 Å². The number of anilines is 1. The fraction of sp³-hybridized carbons (Fsp3) is 0.280. The number of oxazole rings is 1. The molecule has 2 aromatic heterocycles. The molecule has 0 spiro atoms. The van der Waals surface area contributed by atoms with Crippen LogP contribution in [0.15, 0.2) is 53.2 Å². The molecule has 0 aliphatic carbocycles. The third-order valence-electron chi connectivity index (χ3n) is 6.26. The molecule has 2 aromatic carbocycles. The van der Waals surface area contributed by atoms with E-state index in [0.29, 0.717) is 41.3 Å². The Morgan fingerprint density at radius 1 is 1.23 bits per heavy atom. The fourth-order valence-corrected chi connectivity index (χ4v) is 4.69. The van der Waals surface area contributed by atoms with Crippen LogP contribution in [0.2, 0.25) is 5.02 Å². The summed E-state index contributed by atoms with van der Waals surface area (Å²) in [5.74, 6) is -2.08. The lowest BCUT2D eigenvalue weighted by molar-refractivity contribution is 0.0535. The van der Waals surface area contributed by atoms with E-state index in [1.165, 1.54) is 12.4 Å². The Morgan fingerprint density at radius 2 is 2.03 bits per heavy atom. The molecular formula is C25H22ClF2N5O2. The number of fused-ring (bicyclic) bond motifs is 1. The molecule has 180 valence electrons. The molecule has 1 aliphatic heterocycles. The summed E-state index contributed by atoms with van der Waals surface area (Å²) < 4.78 is 34.9. The molecule has 1 aliphatic rings. The number of carbonyl (C=O) groups excluding carboxylic acids is 1. The molecular weight excluding hydrogens is 476 g/mol. The van der Waals surface area contributed by atoms with Crippen LogP contribution in [0, 0.1) is 17.6 Å². The van der Waals surface area contributed by atoms with E-state index in [4.69, 9.17) is 16.0 Å². The summed E-state index contributed by atoms with van der Waals surface area (Å²) in [6.45, 7) is 2.82. The fourth-order valence-electron chi connectivity index (χ4n) is 4.53. The smallest absolute Gasteiger partial charge is 0.295 e. The second-order valence-corrected chi connectivity index (χ2v) is 9.02. The van der Waals surface area contributed by atoms with Crippen molar-refractivity contribution in [3.8, 4) is 11.4 Å². The van der Waals surface area contributed by atoms with E-state index >= 15 is 4.39 Å². The molecule has 7 nitrogen and oxygen atoms in total. The number of halogens is 3. The highest BCUT2D eigenvalue weighted by atomic mass is 35.5. The maximum absolute atomic E-state index is 15.0. The van der Waals surface area contributed by atoms with Crippen molar-refractivity contribution in [1.82, 2.24) is 19.9 Å². The molecule has 2 atom stereocenters. The van der Waals surface area contributed by atoms with E-state index in [1.54, 1.807) is 29.2 Å². The van der Waals surface area contributed by atoms with Crippen LogP contribution in [0.4, 0.5) is 14.8 Å². The van der Waals surface area contributed by atoms with Gasteiger partial charge in [-0.3, -0.25) is 4.79 Å². The number of carbonyl (C=O) groups is 1. The van der Waals surface area contributed by atoms with Crippen LogP contribution in [-0.2, 0) is 0 Å². The molecule has 1 fully saturated rings. The predicted octanol–water partition coefficient (Wildman–Crippen LogP) is 5.57. The van der Waals surface area contributed by atoms with Gasteiger partial charge in [0, 0.05) is 48.2 Å². The summed E-state index contributed by atoms with van der Waals surface area (Å²) in [6, 6.07) is 8.59. The van der Waals surface area contributed by atoms with Crippen LogP contribution in [0.25, 0.3) is 22.5 Å². The first-order valence-electron chi connectivity index (χ1n) is 11.3. The van der Waals surface area contributed by atoms with Crippen molar-refractivity contribution in [3.05, 3.63) is 71.0 Å². The minimum atomic E-state index is -0.946. The van der Waals surface area contributed by atoms with E-state index < -0.39 is 17.5 Å². The molecule has 3 heterocycles. The number of nitrogens with zero attached hydrogens (tertiary/aromatic N) is 4. The van der Waals surface area contributed by atoms with Crippen LogP contribution in [-0.4, -0.2) is 44.9 Å². The van der Waals surface area contributed by atoms with Crippen molar-refractivity contribution in [3.63, 3.8) is 0 Å². The lowest BCUT2D eigenvalue weighted by Gasteiger charge is -2.40. The third-order valence-corrected chi connectivity index (χ3v) is 6.50. The molecule has 5 rings (SSSR count). The quantitative estimate of drug-likeness (QED) is 0.388. The van der Waals surface area contributed by atoms with Crippen LogP contribution >= 0.6 is 11.6 Å². The van der Waals surface area contributed by atoms with Crippen molar-refractivity contribution in [2.45, 2.75) is 25.8 Å². The number of piperidine rings is 1. The van der Waals surface area contributed by atoms with Crippen molar-refractivity contribution in [2.75, 3.05) is 18.4 Å². The van der Waals surface area contributed by atoms with Crippen LogP contribution in [0.5, 0.6) is 0 Å². The van der Waals surface area contributed by atoms with Gasteiger partial charge in [0.05, 0.1) is 11.6 Å². The number of hydrogen-bond donors (Lipinski definition) is 1. The molecule has 0 radical (unpaired) electrons. The van der Waals surface area contributed by atoms with E-state index in [9.17, 15) is 9.18 Å². The molecule has 1 saturated heterocycles.